The number of hydrogen-bond acceptors (Lipinski definition) is 0. The van der Waals surface area contributed by atoms with E-state index in [4.69, 9.17) is 0 Å². The maximum absolute atomic E-state index is 3.11. The standard InChI is InChI=1S/2C10H15P.2BrH.Pd/c2*1-3-11(4-2)10-8-6-5-7-9-10;;;/h2*5-9H,3-4H2,1-2H3;2*1H;/q;;;;+2. The molecule has 0 radical (unpaired) electrons. The van der Waals surface area contributed by atoms with Crippen molar-refractivity contribution in [3.63, 3.8) is 0 Å². The summed E-state index contributed by atoms with van der Waals surface area (Å²) in [6, 6.07) is 21.8. The van der Waals surface area contributed by atoms with Crippen LogP contribution in [-0.4, -0.2) is 24.6 Å². The van der Waals surface area contributed by atoms with Crippen LogP contribution in [0.2, 0.25) is 0 Å². The van der Waals surface area contributed by atoms with Crippen LogP contribution in [0.15, 0.2) is 60.7 Å². The molecule has 0 aliphatic rings. The Kier molecular flexibility index (Phi) is 19.0. The fourth-order valence-corrected chi connectivity index (χ4v) is 6.62. The number of halogens is 2. The third-order valence-corrected chi connectivity index (χ3v) is 9.79. The Bertz CT molecular complexity index is 456. The number of hydrogen-bond donors (Lipinski definition) is 0. The van der Waals surface area contributed by atoms with Gasteiger partial charge in [0.05, 0.1) is 35.3 Å². The average Bonchev–Trinajstić information content (AvgIpc) is 2.67. The van der Waals surface area contributed by atoms with E-state index >= 15 is 0 Å². The molecule has 0 unspecified atom stereocenters. The zero-order chi connectivity index (χ0) is 18.9. The fourth-order valence-electron chi connectivity index (χ4n) is 2.66. The van der Waals surface area contributed by atoms with E-state index in [1.54, 1.807) is 10.6 Å². The summed E-state index contributed by atoms with van der Waals surface area (Å²) in [6.45, 7) is 9.19. The second-order valence-corrected chi connectivity index (χ2v) is 19.0. The first kappa shape index (κ1) is 25.9. The van der Waals surface area contributed by atoms with Gasteiger partial charge in [0.15, 0.2) is 0 Å². The predicted molar refractivity (Wildman–Crippen MR) is 129 cm³/mol. The third-order valence-electron chi connectivity index (χ3n) is 4.07. The van der Waals surface area contributed by atoms with E-state index in [0.717, 1.165) is 0 Å². The normalized spacial score (nSPS) is 10.1. The van der Waals surface area contributed by atoms with Gasteiger partial charge >= 0.3 is 40.8 Å². The van der Waals surface area contributed by atoms with E-state index in [2.05, 4.69) is 115 Å². The van der Waals surface area contributed by atoms with Crippen LogP contribution < -0.4 is 10.6 Å². The molecular formula is C20H32Br2P2Pd+2. The van der Waals surface area contributed by atoms with Gasteiger partial charge in [-0.1, -0.05) is 36.4 Å². The molecule has 0 aliphatic carbocycles. The molecule has 0 nitrogen and oxygen atoms in total. The van der Waals surface area contributed by atoms with Crippen molar-refractivity contribution in [2.24, 2.45) is 0 Å². The molecule has 2 aromatic carbocycles. The van der Waals surface area contributed by atoms with Crippen molar-refractivity contribution in [1.82, 2.24) is 0 Å². The average molecular weight is 601 g/mol. The van der Waals surface area contributed by atoms with E-state index < -0.39 is 0 Å². The first-order valence-corrected chi connectivity index (χ1v) is 19.7. The van der Waals surface area contributed by atoms with Crippen LogP contribution >= 0.6 is 42.7 Å². The third kappa shape index (κ3) is 12.1. The number of rotatable bonds is 6. The molecular weight excluding hydrogens is 568 g/mol. The van der Waals surface area contributed by atoms with Crippen molar-refractivity contribution in [1.29, 1.82) is 0 Å². The second-order valence-electron chi connectivity index (χ2n) is 5.40. The number of benzene rings is 2. The summed E-state index contributed by atoms with van der Waals surface area (Å²) in [5.74, 6) is 0. The van der Waals surface area contributed by atoms with E-state index in [1.165, 1.54) is 24.6 Å². The molecule has 0 fully saturated rings. The van der Waals surface area contributed by atoms with Crippen LogP contribution in [0.1, 0.15) is 27.7 Å². The van der Waals surface area contributed by atoms with Crippen molar-refractivity contribution in [2.75, 3.05) is 24.6 Å². The minimum absolute atomic E-state index is 0.201. The van der Waals surface area contributed by atoms with Gasteiger partial charge in [0, 0.05) is 15.8 Å². The van der Waals surface area contributed by atoms with Crippen molar-refractivity contribution in [2.45, 2.75) is 27.7 Å². The monoisotopic (exact) mass is 598 g/mol. The van der Waals surface area contributed by atoms with Gasteiger partial charge < -0.3 is 0 Å². The Morgan fingerprint density at radius 2 is 0.840 bits per heavy atom. The summed E-state index contributed by atoms with van der Waals surface area (Å²) in [4.78, 5) is 0. The van der Waals surface area contributed by atoms with Gasteiger partial charge in [0.25, 0.3) is 0 Å². The van der Waals surface area contributed by atoms with Gasteiger partial charge in [-0.2, -0.15) is 0 Å². The summed E-state index contributed by atoms with van der Waals surface area (Å²) < 4.78 is 0. The predicted octanol–water partition coefficient (Wildman–Crippen LogP) is 6.82. The van der Waals surface area contributed by atoms with Crippen LogP contribution in [-0.2, 0) is 13.9 Å². The summed E-state index contributed by atoms with van der Waals surface area (Å²) in [7, 11) is -0.402. The molecule has 0 saturated heterocycles. The SMILES string of the molecule is CC[PH+](CC)c1ccccc1.CC[PH+](CC)c1ccccc1.[Br][Pd][Br]. The summed E-state index contributed by atoms with van der Waals surface area (Å²) in [5, 5.41) is 3.17. The molecule has 0 spiro atoms. The molecule has 0 amide bonds. The van der Waals surface area contributed by atoms with Gasteiger partial charge in [-0.15, -0.1) is 0 Å². The van der Waals surface area contributed by atoms with Crippen molar-refractivity contribution in [3.8, 4) is 0 Å². The summed E-state index contributed by atoms with van der Waals surface area (Å²) >= 11 is 6.80. The molecule has 5 heteroatoms. The molecule has 144 valence electrons. The Morgan fingerprint density at radius 3 is 1.04 bits per heavy atom. The minimum atomic E-state index is -0.201. The zero-order valence-electron chi connectivity index (χ0n) is 15.7. The van der Waals surface area contributed by atoms with E-state index in [9.17, 15) is 0 Å². The van der Waals surface area contributed by atoms with Crippen molar-refractivity contribution >= 4 is 53.3 Å². The molecule has 0 bridgehead atoms. The zero-order valence-corrected chi connectivity index (χ0v) is 22.4. The first-order chi connectivity index (χ1) is 12.2. The Balaban J connectivity index is 0.000000399. The molecule has 25 heavy (non-hydrogen) atoms. The summed E-state index contributed by atoms with van der Waals surface area (Å²) in [6.07, 6.45) is 5.41. The van der Waals surface area contributed by atoms with Crippen LogP contribution in [0.3, 0.4) is 0 Å². The van der Waals surface area contributed by atoms with Crippen molar-refractivity contribution in [3.05, 3.63) is 60.7 Å². The van der Waals surface area contributed by atoms with Gasteiger partial charge in [0.2, 0.25) is 0 Å². The van der Waals surface area contributed by atoms with Gasteiger partial charge in [0.1, 0.15) is 0 Å². The molecule has 0 N–H and O–H groups in total. The molecule has 2 rings (SSSR count). The van der Waals surface area contributed by atoms with Gasteiger partial charge in [-0.25, -0.2) is 0 Å². The van der Waals surface area contributed by atoms with Crippen LogP contribution in [0.25, 0.3) is 0 Å². The Labute approximate surface area is 179 Å². The second kappa shape index (κ2) is 18.3. The van der Waals surface area contributed by atoms with Crippen LogP contribution in [0.5, 0.6) is 0 Å². The molecule has 0 saturated carbocycles. The Morgan fingerprint density at radius 1 is 0.600 bits per heavy atom. The summed E-state index contributed by atoms with van der Waals surface area (Å²) in [5.41, 5.74) is 0. The topological polar surface area (TPSA) is 0 Å². The van der Waals surface area contributed by atoms with E-state index in [0.29, 0.717) is 13.9 Å². The first-order valence-electron chi connectivity index (χ1n) is 8.80. The van der Waals surface area contributed by atoms with Crippen molar-refractivity contribution < 1.29 is 13.9 Å². The van der Waals surface area contributed by atoms with E-state index in [-0.39, 0.29) is 15.8 Å². The van der Waals surface area contributed by atoms with Gasteiger partial charge in [-0.3, -0.25) is 0 Å². The van der Waals surface area contributed by atoms with Crippen LogP contribution in [0, 0.1) is 0 Å². The molecule has 0 aliphatic heterocycles. The Hall–Kier alpha value is 0.922. The molecule has 0 atom stereocenters. The molecule has 2 aromatic rings. The maximum atomic E-state index is 3.11. The van der Waals surface area contributed by atoms with E-state index in [1.807, 2.05) is 0 Å². The van der Waals surface area contributed by atoms with Crippen LogP contribution in [0.4, 0.5) is 0 Å². The molecule has 0 heterocycles. The fraction of sp³-hybridized carbons (Fsp3) is 0.400. The molecule has 0 aromatic heterocycles. The quantitative estimate of drug-likeness (QED) is 0.252. The van der Waals surface area contributed by atoms with Gasteiger partial charge in [-0.05, 0) is 52.0 Å².